The van der Waals surface area contributed by atoms with Crippen molar-refractivity contribution in [2.24, 2.45) is 5.41 Å². The Labute approximate surface area is 198 Å². The zero-order valence-corrected chi connectivity index (χ0v) is 19.9. The van der Waals surface area contributed by atoms with Gasteiger partial charge in [0, 0.05) is 27.6 Å². The number of aliphatic hydroxyl groups is 1. The van der Waals surface area contributed by atoms with E-state index in [1.807, 2.05) is 62.6 Å². The fraction of sp³-hybridized carbons (Fsp3) is 0.360. The molecule has 33 heavy (non-hydrogen) atoms. The third-order valence-corrected chi connectivity index (χ3v) is 5.78. The first-order chi connectivity index (χ1) is 15.8. The van der Waals surface area contributed by atoms with Gasteiger partial charge in [0.15, 0.2) is 0 Å². The van der Waals surface area contributed by atoms with Crippen LogP contribution in [0.15, 0.2) is 65.6 Å². The predicted octanol–water partition coefficient (Wildman–Crippen LogP) is 5.52. The predicted molar refractivity (Wildman–Crippen MR) is 130 cm³/mol. The fourth-order valence-electron chi connectivity index (χ4n) is 3.33. The van der Waals surface area contributed by atoms with Crippen LogP contribution in [0, 0.1) is 5.41 Å². The lowest BCUT2D eigenvalue weighted by Crippen LogP contribution is -2.29. The van der Waals surface area contributed by atoms with Gasteiger partial charge in [-0.3, -0.25) is 5.32 Å². The number of amides is 1. The Kier molecular flexibility index (Phi) is 10.3. The lowest BCUT2D eigenvalue weighted by atomic mass is 9.78. The van der Waals surface area contributed by atoms with Crippen LogP contribution in [0.4, 0.5) is 10.5 Å². The molecule has 0 bridgehead atoms. The monoisotopic (exact) mass is 473 g/mol. The average molecular weight is 474 g/mol. The Bertz CT molecular complexity index is 942. The van der Waals surface area contributed by atoms with Crippen molar-refractivity contribution in [3.63, 3.8) is 0 Å². The van der Waals surface area contributed by atoms with Crippen LogP contribution >= 0.6 is 11.8 Å². The summed E-state index contributed by atoms with van der Waals surface area (Å²) in [5.74, 6) is -0.488. The Morgan fingerprint density at radius 1 is 1.15 bits per heavy atom. The van der Waals surface area contributed by atoms with Gasteiger partial charge in [-0.2, -0.15) is 0 Å². The first-order valence-corrected chi connectivity index (χ1v) is 11.8. The molecule has 0 saturated carbocycles. The molecular formula is C25H31NO6S. The number of anilines is 1. The molecule has 7 nitrogen and oxygen atoms in total. The van der Waals surface area contributed by atoms with Gasteiger partial charge in [-0.15, -0.1) is 11.8 Å². The van der Waals surface area contributed by atoms with Crippen LogP contribution in [0.5, 0.6) is 5.75 Å². The highest BCUT2D eigenvalue weighted by Crippen LogP contribution is 2.44. The van der Waals surface area contributed by atoms with Gasteiger partial charge in [0.2, 0.25) is 0 Å². The van der Waals surface area contributed by atoms with Gasteiger partial charge in [0.25, 0.3) is 0 Å². The number of nitrogens with one attached hydrogen (secondary N) is 1. The number of carboxylic acid groups (broad SMARTS) is 1. The van der Waals surface area contributed by atoms with E-state index in [-0.39, 0.29) is 13.2 Å². The molecule has 2 rings (SSSR count). The van der Waals surface area contributed by atoms with Gasteiger partial charge >= 0.3 is 12.1 Å². The smallest absolute Gasteiger partial charge is 0.412 e. The Balaban J connectivity index is 2.27. The van der Waals surface area contributed by atoms with E-state index in [4.69, 9.17) is 14.6 Å². The van der Waals surface area contributed by atoms with Crippen LogP contribution in [0.25, 0.3) is 0 Å². The second-order valence-electron chi connectivity index (χ2n) is 8.02. The van der Waals surface area contributed by atoms with Gasteiger partial charge in [0.05, 0.1) is 6.61 Å². The molecule has 0 unspecified atom stereocenters. The largest absolute Gasteiger partial charge is 0.491 e. The summed E-state index contributed by atoms with van der Waals surface area (Å²) in [7, 11) is 0. The first kappa shape index (κ1) is 26.3. The molecule has 1 amide bonds. The van der Waals surface area contributed by atoms with Crippen molar-refractivity contribution in [3.8, 4) is 5.75 Å². The first-order valence-electron chi connectivity index (χ1n) is 10.6. The van der Waals surface area contributed by atoms with Crippen molar-refractivity contribution in [1.29, 1.82) is 0 Å². The van der Waals surface area contributed by atoms with E-state index in [2.05, 4.69) is 5.32 Å². The molecule has 0 fully saturated rings. The van der Waals surface area contributed by atoms with Gasteiger partial charge < -0.3 is 19.7 Å². The molecular weight excluding hydrogens is 442 g/mol. The number of carboxylic acids is 1. The summed E-state index contributed by atoms with van der Waals surface area (Å²) in [5.41, 5.74) is 0.733. The van der Waals surface area contributed by atoms with E-state index in [0.717, 1.165) is 11.0 Å². The number of carbonyl (C=O) groups excluding carboxylic acids is 1. The number of carbonyl (C=O) groups is 2. The number of allylic oxidation sites excluding steroid dienone is 1. The minimum absolute atomic E-state index is 0.111. The maximum Gasteiger partial charge on any atom is 0.412 e. The lowest BCUT2D eigenvalue weighted by Gasteiger charge is -2.35. The molecule has 2 aromatic rings. The van der Waals surface area contributed by atoms with E-state index in [1.165, 1.54) is 0 Å². The van der Waals surface area contributed by atoms with Gasteiger partial charge in [-0.1, -0.05) is 38.1 Å². The van der Waals surface area contributed by atoms with Crippen LogP contribution in [0.1, 0.15) is 38.4 Å². The zero-order valence-electron chi connectivity index (χ0n) is 19.1. The van der Waals surface area contributed by atoms with E-state index in [1.54, 1.807) is 23.9 Å². The number of para-hydroxylation sites is 1. The SMILES string of the molecule is CSc1ccc(NC(=O)O[C@@H](c2ccccc2OCCO)C(C)(C)CC/C=C/C(=O)O)cc1. The summed E-state index contributed by atoms with van der Waals surface area (Å²) in [5, 5.41) is 20.8. The quantitative estimate of drug-likeness (QED) is 0.275. The van der Waals surface area contributed by atoms with E-state index < -0.39 is 23.6 Å². The molecule has 178 valence electrons. The molecule has 2 aromatic carbocycles. The topological polar surface area (TPSA) is 105 Å². The number of thioether (sulfide) groups is 1. The maximum absolute atomic E-state index is 12.8. The molecule has 0 radical (unpaired) electrons. The molecule has 0 heterocycles. The molecule has 0 spiro atoms. The van der Waals surface area contributed by atoms with Crippen molar-refractivity contribution in [1.82, 2.24) is 0 Å². The summed E-state index contributed by atoms with van der Waals surface area (Å²) < 4.78 is 11.6. The van der Waals surface area contributed by atoms with Crippen molar-refractivity contribution >= 4 is 29.5 Å². The molecule has 8 heteroatoms. The Morgan fingerprint density at radius 2 is 1.85 bits per heavy atom. The van der Waals surface area contributed by atoms with Crippen LogP contribution in [0.2, 0.25) is 0 Å². The normalized spacial score (nSPS) is 12.4. The van der Waals surface area contributed by atoms with Crippen molar-refractivity contribution in [2.75, 3.05) is 24.8 Å². The van der Waals surface area contributed by atoms with Crippen LogP contribution < -0.4 is 10.1 Å². The second kappa shape index (κ2) is 12.9. The highest BCUT2D eigenvalue weighted by Gasteiger charge is 2.35. The number of aliphatic hydroxyl groups excluding tert-OH is 1. The summed E-state index contributed by atoms with van der Waals surface area (Å²) in [6.07, 6.45) is 4.43. The number of rotatable bonds is 12. The molecule has 0 saturated heterocycles. The highest BCUT2D eigenvalue weighted by atomic mass is 32.2. The van der Waals surface area contributed by atoms with Gasteiger partial charge in [0.1, 0.15) is 18.5 Å². The lowest BCUT2D eigenvalue weighted by molar-refractivity contribution is -0.131. The summed E-state index contributed by atoms with van der Waals surface area (Å²) in [4.78, 5) is 24.7. The minimum atomic E-state index is -1.00. The zero-order chi connectivity index (χ0) is 24.3. The van der Waals surface area contributed by atoms with E-state index in [0.29, 0.717) is 29.8 Å². The maximum atomic E-state index is 12.8. The summed E-state index contributed by atoms with van der Waals surface area (Å²) in [6, 6.07) is 14.7. The van der Waals surface area contributed by atoms with E-state index >= 15 is 0 Å². The van der Waals surface area contributed by atoms with Crippen LogP contribution in [-0.4, -0.2) is 41.7 Å². The van der Waals surface area contributed by atoms with Crippen molar-refractivity contribution in [2.45, 2.75) is 37.7 Å². The third kappa shape index (κ3) is 8.47. The average Bonchev–Trinajstić information content (AvgIpc) is 2.79. The summed E-state index contributed by atoms with van der Waals surface area (Å²) >= 11 is 1.61. The summed E-state index contributed by atoms with van der Waals surface area (Å²) in [6.45, 7) is 3.88. The molecule has 0 aromatic heterocycles. The fourth-order valence-corrected chi connectivity index (χ4v) is 3.74. The number of hydrogen-bond donors (Lipinski definition) is 3. The molecule has 0 aliphatic heterocycles. The van der Waals surface area contributed by atoms with Crippen molar-refractivity contribution < 1.29 is 29.3 Å². The van der Waals surface area contributed by atoms with E-state index in [9.17, 15) is 14.7 Å². The number of aliphatic carboxylic acids is 1. The number of benzene rings is 2. The number of hydrogen-bond acceptors (Lipinski definition) is 6. The Hall–Kier alpha value is -2.97. The van der Waals surface area contributed by atoms with Crippen LogP contribution in [-0.2, 0) is 9.53 Å². The molecule has 0 aliphatic carbocycles. The van der Waals surface area contributed by atoms with Gasteiger partial charge in [-0.05, 0) is 49.4 Å². The minimum Gasteiger partial charge on any atom is -0.491 e. The van der Waals surface area contributed by atoms with Crippen LogP contribution in [0.3, 0.4) is 0 Å². The van der Waals surface area contributed by atoms with Crippen molar-refractivity contribution in [3.05, 3.63) is 66.2 Å². The molecule has 0 aliphatic rings. The Morgan fingerprint density at radius 3 is 2.48 bits per heavy atom. The number of ether oxygens (including phenoxy) is 2. The molecule has 3 N–H and O–H groups in total. The van der Waals surface area contributed by atoms with Gasteiger partial charge in [-0.25, -0.2) is 9.59 Å². The third-order valence-electron chi connectivity index (χ3n) is 5.04. The standard InChI is InChI=1S/C25H31NO6S/c1-25(2,15-7-6-10-22(28)29)23(20-8-4-5-9-21(20)31-17-16-27)32-24(30)26-18-11-13-19(33-3)14-12-18/h4-6,8-14,23,27H,7,15-17H2,1-3H3,(H,26,30)(H,28,29)/b10-6+/t23-/m0/s1. The molecule has 1 atom stereocenters. The second-order valence-corrected chi connectivity index (χ2v) is 8.90. The highest BCUT2D eigenvalue weighted by molar-refractivity contribution is 7.98.